The lowest BCUT2D eigenvalue weighted by molar-refractivity contribution is -0.152. The summed E-state index contributed by atoms with van der Waals surface area (Å²) in [4.78, 5) is 23.6. The molecule has 1 fully saturated rings. The highest BCUT2D eigenvalue weighted by molar-refractivity contribution is 5.92. The third-order valence-corrected chi connectivity index (χ3v) is 4.51. The van der Waals surface area contributed by atoms with Crippen LogP contribution in [-0.4, -0.2) is 18.0 Å². The van der Waals surface area contributed by atoms with E-state index in [9.17, 15) is 14.0 Å². The molecule has 23 heavy (non-hydrogen) atoms. The largest absolute Gasteiger partial charge is 0.462 e. The van der Waals surface area contributed by atoms with E-state index in [-0.39, 0.29) is 30.8 Å². The maximum absolute atomic E-state index is 13.0. The molecule has 1 saturated carbocycles. The number of halogens is 1. The molecule has 1 aromatic carbocycles. The van der Waals surface area contributed by atoms with Crippen LogP contribution in [-0.2, 0) is 14.3 Å². The Bertz CT molecular complexity index is 561. The Hall–Kier alpha value is -1.91. The summed E-state index contributed by atoms with van der Waals surface area (Å²) in [5.74, 6) is 0.145. The van der Waals surface area contributed by atoms with Gasteiger partial charge in [0.15, 0.2) is 0 Å². The SMILES string of the molecule is C[C@@H]1CC[C@@H](OC(=O)CCC(=O)Nc2cccc(F)c2)C[C@H]1C. The highest BCUT2D eigenvalue weighted by Crippen LogP contribution is 2.31. The summed E-state index contributed by atoms with van der Waals surface area (Å²) in [6.07, 6.45) is 2.91. The first-order chi connectivity index (χ1) is 10.9. The molecular formula is C18H24FNO3. The first kappa shape index (κ1) is 17.4. The monoisotopic (exact) mass is 321 g/mol. The number of benzene rings is 1. The van der Waals surface area contributed by atoms with E-state index in [0.29, 0.717) is 17.5 Å². The normalized spacial score (nSPS) is 24.0. The van der Waals surface area contributed by atoms with Crippen LogP contribution in [0.15, 0.2) is 24.3 Å². The summed E-state index contributed by atoms with van der Waals surface area (Å²) in [5.41, 5.74) is 0.387. The van der Waals surface area contributed by atoms with Crippen LogP contribution < -0.4 is 5.32 Å². The molecule has 0 saturated heterocycles. The van der Waals surface area contributed by atoms with Gasteiger partial charge in [-0.3, -0.25) is 9.59 Å². The van der Waals surface area contributed by atoms with Crippen LogP contribution in [0.5, 0.6) is 0 Å². The van der Waals surface area contributed by atoms with Gasteiger partial charge in [-0.2, -0.15) is 0 Å². The van der Waals surface area contributed by atoms with Crippen molar-refractivity contribution in [2.24, 2.45) is 11.8 Å². The van der Waals surface area contributed by atoms with Gasteiger partial charge < -0.3 is 10.1 Å². The molecule has 0 radical (unpaired) electrons. The minimum absolute atomic E-state index is 0.0278. The number of hydrogen-bond donors (Lipinski definition) is 1. The number of hydrogen-bond acceptors (Lipinski definition) is 3. The summed E-state index contributed by atoms with van der Waals surface area (Å²) < 4.78 is 18.5. The van der Waals surface area contributed by atoms with Crippen LogP contribution in [0.25, 0.3) is 0 Å². The number of carbonyl (C=O) groups excluding carboxylic acids is 2. The van der Waals surface area contributed by atoms with Crippen molar-refractivity contribution >= 4 is 17.6 Å². The zero-order valence-corrected chi connectivity index (χ0v) is 13.7. The van der Waals surface area contributed by atoms with E-state index in [0.717, 1.165) is 19.3 Å². The first-order valence-corrected chi connectivity index (χ1v) is 8.19. The van der Waals surface area contributed by atoms with E-state index >= 15 is 0 Å². The standard InChI is InChI=1S/C18H24FNO3/c1-12-6-7-16(10-13(12)2)23-18(22)9-8-17(21)20-15-5-3-4-14(19)11-15/h3-5,11-13,16H,6-10H2,1-2H3,(H,20,21)/t12-,13-,16-/m1/s1. The van der Waals surface area contributed by atoms with Crippen LogP contribution in [0, 0.1) is 17.7 Å². The van der Waals surface area contributed by atoms with Crippen LogP contribution in [0.3, 0.4) is 0 Å². The van der Waals surface area contributed by atoms with Gasteiger partial charge in [0.2, 0.25) is 5.91 Å². The minimum Gasteiger partial charge on any atom is -0.462 e. The summed E-state index contributed by atoms with van der Waals surface area (Å²) in [6.45, 7) is 4.40. The minimum atomic E-state index is -0.414. The lowest BCUT2D eigenvalue weighted by Crippen LogP contribution is -2.29. The smallest absolute Gasteiger partial charge is 0.306 e. The summed E-state index contributed by atoms with van der Waals surface area (Å²) in [6, 6.07) is 5.66. The maximum atomic E-state index is 13.0. The van der Waals surface area contributed by atoms with E-state index in [4.69, 9.17) is 4.74 Å². The van der Waals surface area contributed by atoms with E-state index in [2.05, 4.69) is 19.2 Å². The Balaban J connectivity index is 1.70. The van der Waals surface area contributed by atoms with Crippen molar-refractivity contribution in [1.82, 2.24) is 0 Å². The number of nitrogens with one attached hydrogen (secondary N) is 1. The van der Waals surface area contributed by atoms with Gasteiger partial charge in [-0.15, -0.1) is 0 Å². The molecule has 0 spiro atoms. The molecule has 2 rings (SSSR count). The van der Waals surface area contributed by atoms with Crippen molar-refractivity contribution < 1.29 is 18.7 Å². The molecule has 0 aliphatic heterocycles. The Labute approximate surface area is 136 Å². The molecule has 4 nitrogen and oxygen atoms in total. The zero-order chi connectivity index (χ0) is 16.8. The van der Waals surface area contributed by atoms with Crippen molar-refractivity contribution in [3.63, 3.8) is 0 Å². The lowest BCUT2D eigenvalue weighted by Gasteiger charge is -2.31. The first-order valence-electron chi connectivity index (χ1n) is 8.19. The van der Waals surface area contributed by atoms with Gasteiger partial charge in [0, 0.05) is 12.1 Å². The number of carbonyl (C=O) groups is 2. The number of amides is 1. The second-order valence-corrected chi connectivity index (χ2v) is 6.44. The van der Waals surface area contributed by atoms with Crippen molar-refractivity contribution in [2.45, 2.75) is 52.1 Å². The van der Waals surface area contributed by atoms with E-state index in [1.807, 2.05) is 0 Å². The molecule has 5 heteroatoms. The number of ether oxygens (including phenoxy) is 1. The highest BCUT2D eigenvalue weighted by atomic mass is 19.1. The Kier molecular flexibility index (Phi) is 6.13. The van der Waals surface area contributed by atoms with Crippen molar-refractivity contribution in [3.8, 4) is 0 Å². The molecule has 0 unspecified atom stereocenters. The summed E-state index contributed by atoms with van der Waals surface area (Å²) >= 11 is 0. The molecule has 126 valence electrons. The molecule has 1 aliphatic carbocycles. The molecular weight excluding hydrogens is 297 g/mol. The second-order valence-electron chi connectivity index (χ2n) is 6.44. The molecule has 0 heterocycles. The fourth-order valence-electron chi connectivity index (χ4n) is 2.86. The predicted molar refractivity (Wildman–Crippen MR) is 86.3 cm³/mol. The van der Waals surface area contributed by atoms with Crippen LogP contribution in [0.1, 0.15) is 46.0 Å². The number of esters is 1. The van der Waals surface area contributed by atoms with Gasteiger partial charge in [0.05, 0.1) is 6.42 Å². The Morgan fingerprint density at radius 3 is 2.70 bits per heavy atom. The van der Waals surface area contributed by atoms with Crippen LogP contribution in [0.4, 0.5) is 10.1 Å². The fourth-order valence-corrected chi connectivity index (χ4v) is 2.86. The molecule has 0 bridgehead atoms. The summed E-state index contributed by atoms with van der Waals surface area (Å²) in [7, 11) is 0. The van der Waals surface area contributed by atoms with Gasteiger partial charge >= 0.3 is 5.97 Å². The average Bonchev–Trinajstić information content (AvgIpc) is 2.49. The topological polar surface area (TPSA) is 55.4 Å². The van der Waals surface area contributed by atoms with E-state index in [1.165, 1.54) is 18.2 Å². The van der Waals surface area contributed by atoms with Gasteiger partial charge in [0.25, 0.3) is 0 Å². The van der Waals surface area contributed by atoms with Crippen LogP contribution in [0.2, 0.25) is 0 Å². The second kappa shape index (κ2) is 8.09. The molecule has 1 N–H and O–H groups in total. The number of anilines is 1. The molecule has 1 amide bonds. The van der Waals surface area contributed by atoms with Crippen molar-refractivity contribution in [1.29, 1.82) is 0 Å². The van der Waals surface area contributed by atoms with Crippen molar-refractivity contribution in [3.05, 3.63) is 30.1 Å². The fraction of sp³-hybridized carbons (Fsp3) is 0.556. The molecule has 1 aromatic rings. The maximum Gasteiger partial charge on any atom is 0.306 e. The average molecular weight is 321 g/mol. The third-order valence-electron chi connectivity index (χ3n) is 4.51. The Morgan fingerprint density at radius 1 is 1.22 bits per heavy atom. The number of rotatable bonds is 5. The van der Waals surface area contributed by atoms with Crippen molar-refractivity contribution in [2.75, 3.05) is 5.32 Å². The zero-order valence-electron chi connectivity index (χ0n) is 13.7. The van der Waals surface area contributed by atoms with Gasteiger partial charge in [-0.1, -0.05) is 19.9 Å². The van der Waals surface area contributed by atoms with E-state index in [1.54, 1.807) is 6.07 Å². The van der Waals surface area contributed by atoms with E-state index < -0.39 is 5.82 Å². The van der Waals surface area contributed by atoms with Crippen LogP contribution >= 0.6 is 0 Å². The highest BCUT2D eigenvalue weighted by Gasteiger charge is 2.27. The van der Waals surface area contributed by atoms with Gasteiger partial charge in [-0.05, 0) is 49.3 Å². The molecule has 3 atom stereocenters. The van der Waals surface area contributed by atoms with Gasteiger partial charge in [0.1, 0.15) is 11.9 Å². The quantitative estimate of drug-likeness (QED) is 0.837. The molecule has 1 aliphatic rings. The lowest BCUT2D eigenvalue weighted by atomic mass is 9.80. The summed E-state index contributed by atoms with van der Waals surface area (Å²) in [5, 5.41) is 2.57. The predicted octanol–water partition coefficient (Wildman–Crippen LogP) is 3.91. The molecule has 0 aromatic heterocycles. The Morgan fingerprint density at radius 2 is 2.00 bits per heavy atom. The van der Waals surface area contributed by atoms with Gasteiger partial charge in [-0.25, -0.2) is 4.39 Å². The third kappa shape index (κ3) is 5.66.